The topological polar surface area (TPSA) is 53.1 Å². The van der Waals surface area contributed by atoms with Crippen molar-refractivity contribution in [1.82, 2.24) is 0 Å². The molecule has 21 heavy (non-hydrogen) atoms. The fraction of sp³-hybridized carbons (Fsp3) is 0.278. The third-order valence-electron chi connectivity index (χ3n) is 4.09. The highest BCUT2D eigenvalue weighted by Gasteiger charge is 2.21. The van der Waals surface area contributed by atoms with Crippen LogP contribution in [0.2, 0.25) is 0 Å². The molecule has 1 aliphatic heterocycles. The van der Waals surface area contributed by atoms with Gasteiger partial charge < -0.3 is 10.6 Å². The summed E-state index contributed by atoms with van der Waals surface area (Å²) in [4.78, 5) is 2.30. The van der Waals surface area contributed by atoms with E-state index in [2.05, 4.69) is 42.2 Å². The maximum atomic E-state index is 7.86. The van der Waals surface area contributed by atoms with E-state index in [0.29, 0.717) is 0 Å². The molecule has 0 saturated carbocycles. The van der Waals surface area contributed by atoms with Crippen molar-refractivity contribution < 1.29 is 0 Å². The SMILES string of the molecule is Cc1ccc2c(c1)CCCN2c1ccc(C)cc1C(=N)N. The molecule has 0 unspecified atom stereocenters. The number of nitrogens with two attached hydrogens (primary N) is 1. The van der Waals surface area contributed by atoms with E-state index in [1.165, 1.54) is 16.8 Å². The molecule has 1 heterocycles. The first-order chi connectivity index (χ1) is 10.1. The molecule has 0 bridgehead atoms. The number of hydrogen-bond donors (Lipinski definition) is 2. The lowest BCUT2D eigenvalue weighted by molar-refractivity contribution is 0.765. The van der Waals surface area contributed by atoms with E-state index < -0.39 is 0 Å². The van der Waals surface area contributed by atoms with Crippen LogP contribution in [0.4, 0.5) is 11.4 Å². The normalized spacial score (nSPS) is 13.9. The Hall–Kier alpha value is -2.29. The van der Waals surface area contributed by atoms with Gasteiger partial charge in [0.25, 0.3) is 0 Å². The predicted octanol–water partition coefficient (Wildman–Crippen LogP) is 3.67. The van der Waals surface area contributed by atoms with Crippen LogP contribution in [0.3, 0.4) is 0 Å². The fourth-order valence-electron chi connectivity index (χ4n) is 3.08. The van der Waals surface area contributed by atoms with Gasteiger partial charge in [0.1, 0.15) is 5.84 Å². The summed E-state index contributed by atoms with van der Waals surface area (Å²) in [7, 11) is 0. The Morgan fingerprint density at radius 3 is 2.43 bits per heavy atom. The zero-order valence-corrected chi connectivity index (χ0v) is 12.6. The Labute approximate surface area is 125 Å². The molecular weight excluding hydrogens is 258 g/mol. The van der Waals surface area contributed by atoms with Crippen molar-refractivity contribution in [2.24, 2.45) is 5.73 Å². The zero-order chi connectivity index (χ0) is 15.0. The third kappa shape index (κ3) is 2.51. The lowest BCUT2D eigenvalue weighted by atomic mass is 9.97. The minimum absolute atomic E-state index is 0.132. The molecule has 0 amide bonds. The van der Waals surface area contributed by atoms with Crippen LogP contribution in [-0.2, 0) is 6.42 Å². The fourth-order valence-corrected chi connectivity index (χ4v) is 3.08. The molecule has 0 saturated heterocycles. The van der Waals surface area contributed by atoms with Gasteiger partial charge in [-0.25, -0.2) is 0 Å². The number of benzene rings is 2. The number of fused-ring (bicyclic) bond motifs is 1. The van der Waals surface area contributed by atoms with E-state index in [0.717, 1.165) is 36.2 Å². The molecule has 0 aliphatic carbocycles. The summed E-state index contributed by atoms with van der Waals surface area (Å²) in [6, 6.07) is 12.8. The first-order valence-corrected chi connectivity index (χ1v) is 7.38. The molecule has 2 aromatic carbocycles. The Morgan fingerprint density at radius 2 is 1.71 bits per heavy atom. The molecule has 0 aromatic heterocycles. The lowest BCUT2D eigenvalue weighted by Gasteiger charge is -2.33. The summed E-state index contributed by atoms with van der Waals surface area (Å²) in [5.74, 6) is 0.132. The van der Waals surface area contributed by atoms with Gasteiger partial charge in [0.2, 0.25) is 0 Å². The largest absolute Gasteiger partial charge is 0.384 e. The van der Waals surface area contributed by atoms with Gasteiger partial charge in [0.05, 0.1) is 5.69 Å². The average Bonchev–Trinajstić information content (AvgIpc) is 2.46. The van der Waals surface area contributed by atoms with E-state index in [-0.39, 0.29) is 5.84 Å². The van der Waals surface area contributed by atoms with Crippen LogP contribution in [0, 0.1) is 19.3 Å². The smallest absolute Gasteiger partial charge is 0.124 e. The second kappa shape index (κ2) is 5.24. The molecular formula is C18H21N3. The van der Waals surface area contributed by atoms with Gasteiger partial charge in [0, 0.05) is 17.8 Å². The molecule has 0 fully saturated rings. The number of aryl methyl sites for hydroxylation is 3. The van der Waals surface area contributed by atoms with Crippen molar-refractivity contribution in [2.75, 3.05) is 11.4 Å². The summed E-state index contributed by atoms with van der Waals surface area (Å²) >= 11 is 0. The molecule has 1 aliphatic rings. The number of amidine groups is 1. The zero-order valence-electron chi connectivity index (χ0n) is 12.6. The van der Waals surface area contributed by atoms with Crippen LogP contribution >= 0.6 is 0 Å². The first kappa shape index (κ1) is 13.7. The number of anilines is 2. The predicted molar refractivity (Wildman–Crippen MR) is 88.7 cm³/mol. The number of nitrogen functional groups attached to an aromatic ring is 1. The highest BCUT2D eigenvalue weighted by Crippen LogP contribution is 2.35. The molecule has 3 heteroatoms. The minimum Gasteiger partial charge on any atom is -0.384 e. The molecule has 0 radical (unpaired) electrons. The van der Waals surface area contributed by atoms with Crippen molar-refractivity contribution in [2.45, 2.75) is 26.7 Å². The maximum absolute atomic E-state index is 7.86. The second-order valence-electron chi connectivity index (χ2n) is 5.82. The summed E-state index contributed by atoms with van der Waals surface area (Å²) in [5, 5.41) is 7.86. The second-order valence-corrected chi connectivity index (χ2v) is 5.82. The van der Waals surface area contributed by atoms with Gasteiger partial charge in [-0.1, -0.05) is 29.3 Å². The summed E-state index contributed by atoms with van der Waals surface area (Å²) < 4.78 is 0. The quantitative estimate of drug-likeness (QED) is 0.651. The van der Waals surface area contributed by atoms with Crippen LogP contribution in [0.1, 0.15) is 28.7 Å². The van der Waals surface area contributed by atoms with Crippen molar-refractivity contribution in [3.63, 3.8) is 0 Å². The Bertz CT molecular complexity index is 704. The van der Waals surface area contributed by atoms with Crippen molar-refractivity contribution in [3.8, 4) is 0 Å². The Kier molecular flexibility index (Phi) is 3.42. The first-order valence-electron chi connectivity index (χ1n) is 7.38. The van der Waals surface area contributed by atoms with Crippen LogP contribution < -0.4 is 10.6 Å². The summed E-state index contributed by atoms with van der Waals surface area (Å²) in [6.45, 7) is 5.13. The minimum atomic E-state index is 0.132. The summed E-state index contributed by atoms with van der Waals surface area (Å²) in [5.41, 5.74) is 12.7. The van der Waals surface area contributed by atoms with E-state index in [1.807, 2.05) is 13.0 Å². The van der Waals surface area contributed by atoms with Crippen molar-refractivity contribution >= 4 is 17.2 Å². The number of nitrogens with one attached hydrogen (secondary N) is 1. The standard InChI is InChI=1S/C18H21N3/c1-12-5-7-16-14(10-12)4-3-9-21(16)17-8-6-13(2)11-15(17)18(19)20/h5-8,10-11H,3-4,9H2,1-2H3,(H3,19,20). The molecule has 0 atom stereocenters. The lowest BCUT2D eigenvalue weighted by Crippen LogP contribution is -2.27. The van der Waals surface area contributed by atoms with Gasteiger partial charge >= 0.3 is 0 Å². The molecule has 0 spiro atoms. The van der Waals surface area contributed by atoms with E-state index in [4.69, 9.17) is 11.1 Å². The van der Waals surface area contributed by atoms with Gasteiger partial charge in [0.15, 0.2) is 0 Å². The molecule has 3 N–H and O–H groups in total. The van der Waals surface area contributed by atoms with Crippen molar-refractivity contribution in [3.05, 3.63) is 58.7 Å². The van der Waals surface area contributed by atoms with E-state index in [1.54, 1.807) is 0 Å². The van der Waals surface area contributed by atoms with E-state index in [9.17, 15) is 0 Å². The number of nitrogens with zero attached hydrogens (tertiary/aromatic N) is 1. The number of rotatable bonds is 2. The van der Waals surface area contributed by atoms with Gasteiger partial charge in [-0.3, -0.25) is 5.41 Å². The highest BCUT2D eigenvalue weighted by atomic mass is 15.1. The van der Waals surface area contributed by atoms with Gasteiger partial charge in [-0.2, -0.15) is 0 Å². The average molecular weight is 279 g/mol. The number of hydrogen-bond acceptors (Lipinski definition) is 2. The van der Waals surface area contributed by atoms with Crippen LogP contribution in [0.15, 0.2) is 36.4 Å². The van der Waals surface area contributed by atoms with Crippen molar-refractivity contribution in [1.29, 1.82) is 5.41 Å². The summed E-state index contributed by atoms with van der Waals surface area (Å²) in [6.07, 6.45) is 2.25. The molecule has 3 nitrogen and oxygen atoms in total. The van der Waals surface area contributed by atoms with Crippen LogP contribution in [0.5, 0.6) is 0 Å². The van der Waals surface area contributed by atoms with Crippen LogP contribution in [0.25, 0.3) is 0 Å². The molecule has 108 valence electrons. The highest BCUT2D eigenvalue weighted by molar-refractivity contribution is 6.01. The Morgan fingerprint density at radius 1 is 1.05 bits per heavy atom. The molecule has 3 rings (SSSR count). The van der Waals surface area contributed by atoms with Crippen LogP contribution in [-0.4, -0.2) is 12.4 Å². The van der Waals surface area contributed by atoms with Gasteiger partial charge in [-0.05, 0) is 50.5 Å². The monoisotopic (exact) mass is 279 g/mol. The maximum Gasteiger partial charge on any atom is 0.124 e. The Balaban J connectivity index is 2.13. The van der Waals surface area contributed by atoms with E-state index >= 15 is 0 Å². The third-order valence-corrected chi connectivity index (χ3v) is 4.09. The molecule has 2 aromatic rings. The van der Waals surface area contributed by atoms with Gasteiger partial charge in [-0.15, -0.1) is 0 Å².